The predicted molar refractivity (Wildman–Crippen MR) is 129 cm³/mol. The van der Waals surface area contributed by atoms with E-state index in [1.54, 1.807) is 18.7 Å². The van der Waals surface area contributed by atoms with E-state index in [0.717, 1.165) is 59.9 Å². The SMILES string of the molecule is CN(C)c1ccnc(N2CCC(NC(=O)c3ccc(-c4nccc5occc45)cc3)CC2)n1. The first-order chi connectivity index (χ1) is 16.1. The van der Waals surface area contributed by atoms with E-state index in [0.29, 0.717) is 5.56 Å². The number of nitrogens with zero attached hydrogens (tertiary/aromatic N) is 5. The van der Waals surface area contributed by atoms with E-state index in [1.165, 1.54) is 0 Å². The highest BCUT2D eigenvalue weighted by molar-refractivity contribution is 5.96. The molecule has 8 nitrogen and oxygen atoms in total. The lowest BCUT2D eigenvalue weighted by atomic mass is 10.0. The highest BCUT2D eigenvalue weighted by Gasteiger charge is 2.23. The zero-order valence-corrected chi connectivity index (χ0v) is 18.7. The van der Waals surface area contributed by atoms with Crippen LogP contribution in [0.15, 0.2) is 65.5 Å². The van der Waals surface area contributed by atoms with E-state index in [1.807, 2.05) is 61.5 Å². The van der Waals surface area contributed by atoms with Gasteiger partial charge in [0.05, 0.1) is 12.0 Å². The van der Waals surface area contributed by atoms with E-state index in [2.05, 4.69) is 25.2 Å². The molecule has 1 fully saturated rings. The van der Waals surface area contributed by atoms with Crippen LogP contribution in [-0.4, -0.2) is 54.1 Å². The van der Waals surface area contributed by atoms with Crippen LogP contribution < -0.4 is 15.1 Å². The molecule has 1 aliphatic rings. The molecule has 0 aliphatic carbocycles. The predicted octanol–water partition coefficient (Wildman–Crippen LogP) is 3.75. The first-order valence-corrected chi connectivity index (χ1v) is 11.1. The Kier molecular flexibility index (Phi) is 5.64. The summed E-state index contributed by atoms with van der Waals surface area (Å²) < 4.78 is 5.46. The Morgan fingerprint density at radius 3 is 2.55 bits per heavy atom. The molecule has 1 saturated heterocycles. The number of hydrogen-bond donors (Lipinski definition) is 1. The second-order valence-electron chi connectivity index (χ2n) is 8.41. The van der Waals surface area contributed by atoms with Crippen LogP contribution in [0.1, 0.15) is 23.2 Å². The second kappa shape index (κ2) is 8.90. The average Bonchev–Trinajstić information content (AvgIpc) is 3.34. The van der Waals surface area contributed by atoms with Gasteiger partial charge in [-0.3, -0.25) is 9.78 Å². The Labute approximate surface area is 192 Å². The number of anilines is 2. The highest BCUT2D eigenvalue weighted by Crippen LogP contribution is 2.27. The lowest BCUT2D eigenvalue weighted by molar-refractivity contribution is 0.0931. The van der Waals surface area contributed by atoms with E-state index in [4.69, 9.17) is 4.42 Å². The van der Waals surface area contributed by atoms with Crippen molar-refractivity contribution in [3.05, 3.63) is 66.7 Å². The van der Waals surface area contributed by atoms with Crippen LogP contribution in [-0.2, 0) is 0 Å². The molecule has 1 aromatic carbocycles. The molecule has 0 saturated carbocycles. The molecule has 33 heavy (non-hydrogen) atoms. The Hall–Kier alpha value is -3.94. The van der Waals surface area contributed by atoms with Crippen LogP contribution in [0.3, 0.4) is 0 Å². The number of hydrogen-bond acceptors (Lipinski definition) is 7. The number of rotatable bonds is 5. The fourth-order valence-electron chi connectivity index (χ4n) is 4.14. The first kappa shape index (κ1) is 20.9. The molecule has 0 spiro atoms. The van der Waals surface area contributed by atoms with Gasteiger partial charge in [-0.2, -0.15) is 4.98 Å². The molecule has 0 radical (unpaired) electrons. The summed E-state index contributed by atoms with van der Waals surface area (Å²) in [6.45, 7) is 1.61. The van der Waals surface area contributed by atoms with Gasteiger partial charge in [-0.05, 0) is 43.2 Å². The molecule has 4 heterocycles. The van der Waals surface area contributed by atoms with Gasteiger partial charge in [-0.15, -0.1) is 0 Å². The Balaban J connectivity index is 1.20. The van der Waals surface area contributed by atoms with Crippen LogP contribution in [0, 0.1) is 0 Å². The Bertz CT molecular complexity index is 1260. The van der Waals surface area contributed by atoms with Crippen LogP contribution in [0.25, 0.3) is 22.2 Å². The maximum Gasteiger partial charge on any atom is 0.251 e. The van der Waals surface area contributed by atoms with Crippen LogP contribution >= 0.6 is 0 Å². The first-order valence-electron chi connectivity index (χ1n) is 11.1. The molecular weight excluding hydrogens is 416 g/mol. The minimum absolute atomic E-state index is 0.0552. The van der Waals surface area contributed by atoms with Crippen molar-refractivity contribution in [1.82, 2.24) is 20.3 Å². The van der Waals surface area contributed by atoms with E-state index >= 15 is 0 Å². The molecular formula is C25H26N6O2. The average molecular weight is 443 g/mol. The molecule has 0 bridgehead atoms. The number of piperidine rings is 1. The molecule has 1 N–H and O–H groups in total. The lowest BCUT2D eigenvalue weighted by Crippen LogP contribution is -2.45. The Morgan fingerprint density at radius 2 is 1.79 bits per heavy atom. The van der Waals surface area contributed by atoms with Crippen LogP contribution in [0.5, 0.6) is 0 Å². The smallest absolute Gasteiger partial charge is 0.251 e. The van der Waals surface area contributed by atoms with Gasteiger partial charge in [-0.1, -0.05) is 12.1 Å². The summed E-state index contributed by atoms with van der Waals surface area (Å²) in [5.74, 6) is 1.57. The van der Waals surface area contributed by atoms with Crippen molar-refractivity contribution in [3.63, 3.8) is 0 Å². The van der Waals surface area contributed by atoms with Gasteiger partial charge in [0, 0.05) is 62.1 Å². The largest absolute Gasteiger partial charge is 0.464 e. The zero-order valence-electron chi connectivity index (χ0n) is 18.7. The summed E-state index contributed by atoms with van der Waals surface area (Å²) in [7, 11) is 3.93. The van der Waals surface area contributed by atoms with Gasteiger partial charge in [0.1, 0.15) is 11.4 Å². The second-order valence-corrected chi connectivity index (χ2v) is 8.41. The molecule has 1 aliphatic heterocycles. The van der Waals surface area contributed by atoms with E-state index in [9.17, 15) is 4.79 Å². The summed E-state index contributed by atoms with van der Waals surface area (Å²) >= 11 is 0. The lowest BCUT2D eigenvalue weighted by Gasteiger charge is -2.32. The number of pyridine rings is 1. The van der Waals surface area contributed by atoms with Gasteiger partial charge >= 0.3 is 0 Å². The summed E-state index contributed by atoms with van der Waals surface area (Å²) in [5.41, 5.74) is 3.24. The third-order valence-electron chi connectivity index (χ3n) is 6.00. The van der Waals surface area contributed by atoms with Crippen molar-refractivity contribution in [2.45, 2.75) is 18.9 Å². The number of fused-ring (bicyclic) bond motifs is 1. The summed E-state index contributed by atoms with van der Waals surface area (Å²) in [6.07, 6.45) is 6.89. The molecule has 168 valence electrons. The summed E-state index contributed by atoms with van der Waals surface area (Å²) in [4.78, 5) is 30.5. The number of carbonyl (C=O) groups excluding carboxylic acids is 1. The number of carbonyl (C=O) groups is 1. The third-order valence-corrected chi connectivity index (χ3v) is 6.00. The van der Waals surface area contributed by atoms with Gasteiger partial charge < -0.3 is 19.5 Å². The topological polar surface area (TPSA) is 87.4 Å². The number of nitrogens with one attached hydrogen (secondary N) is 1. The van der Waals surface area contributed by atoms with Gasteiger partial charge in [-0.25, -0.2) is 4.98 Å². The molecule has 1 amide bonds. The third kappa shape index (κ3) is 4.37. The number of aromatic nitrogens is 3. The monoisotopic (exact) mass is 442 g/mol. The summed E-state index contributed by atoms with van der Waals surface area (Å²) in [6, 6.07) is 13.3. The van der Waals surface area contributed by atoms with Gasteiger partial charge in [0.15, 0.2) is 0 Å². The van der Waals surface area contributed by atoms with Gasteiger partial charge in [0.2, 0.25) is 5.95 Å². The molecule has 3 aromatic heterocycles. The maximum atomic E-state index is 12.8. The number of amides is 1. The van der Waals surface area contributed by atoms with E-state index < -0.39 is 0 Å². The number of furan rings is 1. The maximum absolute atomic E-state index is 12.8. The van der Waals surface area contributed by atoms with Crippen molar-refractivity contribution in [1.29, 1.82) is 0 Å². The van der Waals surface area contributed by atoms with Crippen molar-refractivity contribution >= 4 is 28.6 Å². The minimum atomic E-state index is -0.0552. The van der Waals surface area contributed by atoms with Crippen LogP contribution in [0.2, 0.25) is 0 Å². The van der Waals surface area contributed by atoms with Gasteiger partial charge in [0.25, 0.3) is 5.91 Å². The standard InChI is InChI=1S/C25H26N6O2/c1-30(2)22-8-13-27-25(29-22)31-14-9-19(10-15-31)28-24(32)18-5-3-17(4-6-18)23-20-11-16-33-21(20)7-12-26-23/h3-8,11-13,16,19H,9-10,14-15H2,1-2H3,(H,28,32). The molecule has 0 unspecified atom stereocenters. The zero-order chi connectivity index (χ0) is 22.8. The van der Waals surface area contributed by atoms with Crippen LogP contribution in [0.4, 0.5) is 11.8 Å². The quantitative estimate of drug-likeness (QED) is 0.504. The fourth-order valence-corrected chi connectivity index (χ4v) is 4.14. The highest BCUT2D eigenvalue weighted by atomic mass is 16.3. The Morgan fingerprint density at radius 1 is 1.03 bits per heavy atom. The van der Waals surface area contributed by atoms with Crippen molar-refractivity contribution in [3.8, 4) is 11.3 Å². The van der Waals surface area contributed by atoms with E-state index in [-0.39, 0.29) is 11.9 Å². The molecule has 5 rings (SSSR count). The fraction of sp³-hybridized carbons (Fsp3) is 0.280. The molecule has 4 aromatic rings. The minimum Gasteiger partial charge on any atom is -0.464 e. The normalized spacial score (nSPS) is 14.4. The summed E-state index contributed by atoms with van der Waals surface area (Å²) in [5, 5.41) is 4.14. The van der Waals surface area contributed by atoms with Crippen molar-refractivity contribution < 1.29 is 9.21 Å². The van der Waals surface area contributed by atoms with Crippen molar-refractivity contribution in [2.24, 2.45) is 0 Å². The van der Waals surface area contributed by atoms with Crippen molar-refractivity contribution in [2.75, 3.05) is 37.0 Å². The molecule has 8 heteroatoms. The number of benzene rings is 1. The molecule has 0 atom stereocenters.